The summed E-state index contributed by atoms with van der Waals surface area (Å²) in [5.74, 6) is -0.664. The van der Waals surface area contributed by atoms with Gasteiger partial charge in [-0.3, -0.25) is 4.40 Å². The molecule has 0 saturated carbocycles. The van der Waals surface area contributed by atoms with E-state index in [-0.39, 0.29) is 5.69 Å². The minimum atomic E-state index is -1.05. The number of aromatic nitrogens is 3. The lowest BCUT2D eigenvalue weighted by Gasteiger charge is -2.09. The fourth-order valence-electron chi connectivity index (χ4n) is 2.23. The number of carboxylic acid groups (broad SMARTS) is 1. The minimum absolute atomic E-state index is 0.00439. The lowest BCUT2D eigenvalue weighted by Crippen LogP contribution is -1.95. The molecular weight excluding hydrogens is 254 g/mol. The van der Waals surface area contributed by atoms with Crippen LogP contribution in [0.15, 0.2) is 36.7 Å². The third-order valence-corrected chi connectivity index (χ3v) is 3.26. The van der Waals surface area contributed by atoms with Crippen LogP contribution in [-0.2, 0) is 0 Å². The normalized spacial score (nSPS) is 10.9. The van der Waals surface area contributed by atoms with Gasteiger partial charge in [-0.05, 0) is 31.5 Å². The van der Waals surface area contributed by atoms with Crippen LogP contribution in [0.5, 0.6) is 0 Å². The molecule has 3 aromatic rings. The van der Waals surface area contributed by atoms with Crippen LogP contribution in [0.1, 0.15) is 21.6 Å². The summed E-state index contributed by atoms with van der Waals surface area (Å²) in [6, 6.07) is 8.03. The van der Waals surface area contributed by atoms with E-state index in [1.165, 1.54) is 6.20 Å². The Morgan fingerprint density at radius 3 is 2.80 bits per heavy atom. The standard InChI is InChI=1S/C15H13N3O2/c1-9-3-4-10(2)11(7-9)13-5-6-16-15-17-12(14(19)20)8-18(13)15/h3-8H,1-2H3,(H,19,20). The van der Waals surface area contributed by atoms with Gasteiger partial charge in [-0.15, -0.1) is 0 Å². The van der Waals surface area contributed by atoms with Crippen LogP contribution in [0.25, 0.3) is 17.0 Å². The van der Waals surface area contributed by atoms with Crippen molar-refractivity contribution < 1.29 is 9.90 Å². The summed E-state index contributed by atoms with van der Waals surface area (Å²) in [4.78, 5) is 19.1. The number of rotatable bonds is 2. The Morgan fingerprint density at radius 2 is 2.05 bits per heavy atom. The SMILES string of the molecule is Cc1ccc(C)c(-c2ccnc3nc(C(=O)O)cn23)c1. The van der Waals surface area contributed by atoms with Crippen molar-refractivity contribution in [3.63, 3.8) is 0 Å². The van der Waals surface area contributed by atoms with Gasteiger partial charge in [-0.1, -0.05) is 17.7 Å². The molecule has 3 rings (SSSR count). The zero-order valence-electron chi connectivity index (χ0n) is 11.2. The molecule has 0 aliphatic heterocycles. The number of fused-ring (bicyclic) bond motifs is 1. The molecule has 0 aliphatic carbocycles. The third kappa shape index (κ3) is 1.93. The Labute approximate surface area is 115 Å². The highest BCUT2D eigenvalue weighted by Gasteiger charge is 2.13. The molecule has 2 aromatic heterocycles. The van der Waals surface area contributed by atoms with Gasteiger partial charge in [0.1, 0.15) is 0 Å². The van der Waals surface area contributed by atoms with E-state index in [1.807, 2.05) is 32.0 Å². The highest BCUT2D eigenvalue weighted by atomic mass is 16.4. The van der Waals surface area contributed by atoms with E-state index in [4.69, 9.17) is 5.11 Å². The fourth-order valence-corrected chi connectivity index (χ4v) is 2.23. The Hall–Kier alpha value is -2.69. The van der Waals surface area contributed by atoms with Gasteiger partial charge in [-0.25, -0.2) is 14.8 Å². The second-order valence-corrected chi connectivity index (χ2v) is 4.75. The van der Waals surface area contributed by atoms with Crippen molar-refractivity contribution in [3.8, 4) is 11.3 Å². The number of benzene rings is 1. The summed E-state index contributed by atoms with van der Waals surface area (Å²) in [5, 5.41) is 9.04. The zero-order valence-corrected chi connectivity index (χ0v) is 11.2. The Morgan fingerprint density at radius 1 is 1.25 bits per heavy atom. The fraction of sp³-hybridized carbons (Fsp3) is 0.133. The van der Waals surface area contributed by atoms with E-state index in [0.29, 0.717) is 5.78 Å². The zero-order chi connectivity index (χ0) is 14.3. The molecule has 5 heteroatoms. The summed E-state index contributed by atoms with van der Waals surface area (Å²) in [5.41, 5.74) is 4.20. The Bertz CT molecular complexity index is 821. The minimum Gasteiger partial charge on any atom is -0.476 e. The van der Waals surface area contributed by atoms with Crippen LogP contribution < -0.4 is 0 Å². The van der Waals surface area contributed by atoms with Crippen LogP contribution in [0.2, 0.25) is 0 Å². The molecule has 0 atom stereocenters. The van der Waals surface area contributed by atoms with E-state index in [9.17, 15) is 4.79 Å². The molecule has 1 aromatic carbocycles. The van der Waals surface area contributed by atoms with Crippen molar-refractivity contribution in [2.75, 3.05) is 0 Å². The largest absolute Gasteiger partial charge is 0.476 e. The first-order chi connectivity index (χ1) is 9.56. The van der Waals surface area contributed by atoms with E-state index in [0.717, 1.165) is 22.4 Å². The number of aryl methyl sites for hydroxylation is 2. The first-order valence-electron chi connectivity index (χ1n) is 6.21. The number of hydrogen-bond acceptors (Lipinski definition) is 3. The molecule has 0 unspecified atom stereocenters. The molecule has 20 heavy (non-hydrogen) atoms. The highest BCUT2D eigenvalue weighted by molar-refractivity contribution is 5.86. The molecule has 0 saturated heterocycles. The molecule has 1 N–H and O–H groups in total. The first-order valence-corrected chi connectivity index (χ1v) is 6.21. The molecule has 0 bridgehead atoms. The maximum absolute atomic E-state index is 11.0. The molecule has 0 fully saturated rings. The van der Waals surface area contributed by atoms with Crippen LogP contribution in [-0.4, -0.2) is 25.4 Å². The second kappa shape index (κ2) is 4.45. The van der Waals surface area contributed by atoms with Crippen molar-refractivity contribution in [2.45, 2.75) is 13.8 Å². The first kappa shape index (κ1) is 12.3. The van der Waals surface area contributed by atoms with Gasteiger partial charge in [0.15, 0.2) is 5.69 Å². The summed E-state index contributed by atoms with van der Waals surface area (Å²) in [6.45, 7) is 4.05. The van der Waals surface area contributed by atoms with Gasteiger partial charge in [-0.2, -0.15) is 0 Å². The number of carboxylic acids is 1. The van der Waals surface area contributed by atoms with Gasteiger partial charge in [0.2, 0.25) is 5.78 Å². The molecule has 5 nitrogen and oxygen atoms in total. The van der Waals surface area contributed by atoms with E-state index in [1.54, 1.807) is 10.6 Å². The lowest BCUT2D eigenvalue weighted by atomic mass is 10.0. The van der Waals surface area contributed by atoms with Crippen LogP contribution in [0.3, 0.4) is 0 Å². The topological polar surface area (TPSA) is 67.5 Å². The van der Waals surface area contributed by atoms with Crippen LogP contribution in [0.4, 0.5) is 0 Å². The van der Waals surface area contributed by atoms with Crippen LogP contribution >= 0.6 is 0 Å². The van der Waals surface area contributed by atoms with E-state index >= 15 is 0 Å². The Balaban J connectivity index is 2.30. The van der Waals surface area contributed by atoms with Gasteiger partial charge in [0.25, 0.3) is 0 Å². The van der Waals surface area contributed by atoms with Crippen LogP contribution in [0, 0.1) is 13.8 Å². The quantitative estimate of drug-likeness (QED) is 0.775. The van der Waals surface area contributed by atoms with Crippen molar-refractivity contribution in [3.05, 3.63) is 53.5 Å². The third-order valence-electron chi connectivity index (χ3n) is 3.26. The monoisotopic (exact) mass is 267 g/mol. The van der Waals surface area contributed by atoms with Crippen molar-refractivity contribution >= 4 is 11.7 Å². The van der Waals surface area contributed by atoms with E-state index in [2.05, 4.69) is 16.0 Å². The van der Waals surface area contributed by atoms with Gasteiger partial charge >= 0.3 is 5.97 Å². The van der Waals surface area contributed by atoms with Gasteiger partial charge in [0, 0.05) is 18.0 Å². The maximum atomic E-state index is 11.0. The van der Waals surface area contributed by atoms with Gasteiger partial charge < -0.3 is 5.11 Å². The van der Waals surface area contributed by atoms with Crippen molar-refractivity contribution in [2.24, 2.45) is 0 Å². The number of aromatic carboxylic acids is 1. The number of hydrogen-bond donors (Lipinski definition) is 1. The summed E-state index contributed by atoms with van der Waals surface area (Å²) < 4.78 is 1.71. The number of nitrogens with zero attached hydrogens (tertiary/aromatic N) is 3. The molecule has 0 aliphatic rings. The summed E-state index contributed by atoms with van der Waals surface area (Å²) >= 11 is 0. The highest BCUT2D eigenvalue weighted by Crippen LogP contribution is 2.25. The molecule has 0 amide bonds. The smallest absolute Gasteiger partial charge is 0.356 e. The number of carbonyl (C=O) groups is 1. The average molecular weight is 267 g/mol. The number of imidazole rings is 1. The van der Waals surface area contributed by atoms with Crippen molar-refractivity contribution in [1.82, 2.24) is 14.4 Å². The van der Waals surface area contributed by atoms with Gasteiger partial charge in [0.05, 0.1) is 5.69 Å². The molecule has 2 heterocycles. The molecule has 100 valence electrons. The summed E-state index contributed by atoms with van der Waals surface area (Å²) in [6.07, 6.45) is 3.15. The van der Waals surface area contributed by atoms with E-state index < -0.39 is 5.97 Å². The maximum Gasteiger partial charge on any atom is 0.356 e. The summed E-state index contributed by atoms with van der Waals surface area (Å²) in [7, 11) is 0. The lowest BCUT2D eigenvalue weighted by molar-refractivity contribution is 0.0691. The molecule has 0 radical (unpaired) electrons. The second-order valence-electron chi connectivity index (χ2n) is 4.75. The van der Waals surface area contributed by atoms with Crippen molar-refractivity contribution in [1.29, 1.82) is 0 Å². The average Bonchev–Trinajstić information content (AvgIpc) is 2.85. The Kier molecular flexibility index (Phi) is 2.75. The molecular formula is C15H13N3O2. The predicted molar refractivity (Wildman–Crippen MR) is 74.9 cm³/mol. The predicted octanol–water partition coefficient (Wildman–Crippen LogP) is 2.71. The molecule has 0 spiro atoms.